The number of nitrogens with zero attached hydrogens (tertiary/aromatic N) is 2. The van der Waals surface area contributed by atoms with E-state index in [0.29, 0.717) is 18.5 Å². The van der Waals surface area contributed by atoms with Gasteiger partial charge in [-0.2, -0.15) is 5.26 Å². The quantitative estimate of drug-likeness (QED) is 0.614. The fourth-order valence-corrected chi connectivity index (χ4v) is 2.79. The third-order valence-electron chi connectivity index (χ3n) is 5.06. The molecule has 2 N–H and O–H groups in total. The van der Waals surface area contributed by atoms with Crippen molar-refractivity contribution < 1.29 is 23.9 Å². The van der Waals surface area contributed by atoms with Crippen LogP contribution in [0, 0.1) is 17.2 Å². The molecule has 1 saturated heterocycles. The second-order valence-electron chi connectivity index (χ2n) is 7.56. The number of amides is 3. The zero-order valence-corrected chi connectivity index (χ0v) is 17.4. The molecular weight excluding hydrogens is 388 g/mol. The molecular formula is C21H26N4O5. The van der Waals surface area contributed by atoms with Crippen molar-refractivity contribution in [1.29, 1.82) is 5.26 Å². The first-order valence-corrected chi connectivity index (χ1v) is 9.73. The van der Waals surface area contributed by atoms with Gasteiger partial charge in [0.25, 0.3) is 11.8 Å². The standard InChI is InChI=1S/C21H26N4O5/c1-14(2)21(3,13-22)24-17(26)12-30-19(28)11-23-20(29)15-6-8-16(9-7-15)25-10-4-5-18(25)27/h6-9,14H,4-5,10-12H2,1-3H3,(H,23,29)(H,24,26)/t21-/m0/s1. The summed E-state index contributed by atoms with van der Waals surface area (Å²) in [6.45, 7) is 4.88. The number of benzene rings is 1. The van der Waals surface area contributed by atoms with Crippen LogP contribution in [-0.4, -0.2) is 48.9 Å². The van der Waals surface area contributed by atoms with Gasteiger partial charge in [0.15, 0.2) is 6.61 Å². The van der Waals surface area contributed by atoms with Gasteiger partial charge in [0.1, 0.15) is 12.1 Å². The first-order chi connectivity index (χ1) is 14.2. The van der Waals surface area contributed by atoms with Gasteiger partial charge in [0.05, 0.1) is 6.07 Å². The van der Waals surface area contributed by atoms with E-state index in [9.17, 15) is 24.4 Å². The Balaban J connectivity index is 1.78. The van der Waals surface area contributed by atoms with E-state index in [1.54, 1.807) is 49.9 Å². The topological polar surface area (TPSA) is 129 Å². The van der Waals surface area contributed by atoms with Crippen molar-refractivity contribution >= 4 is 29.4 Å². The maximum Gasteiger partial charge on any atom is 0.325 e. The Hall–Kier alpha value is -3.41. The van der Waals surface area contributed by atoms with Gasteiger partial charge in [0.2, 0.25) is 5.91 Å². The molecule has 0 radical (unpaired) electrons. The summed E-state index contributed by atoms with van der Waals surface area (Å²) in [6, 6.07) is 8.54. The molecule has 1 heterocycles. The molecule has 160 valence electrons. The number of carbonyl (C=O) groups excluding carboxylic acids is 4. The molecule has 1 aliphatic rings. The molecule has 1 aliphatic heterocycles. The lowest BCUT2D eigenvalue weighted by Gasteiger charge is -2.27. The molecule has 30 heavy (non-hydrogen) atoms. The van der Waals surface area contributed by atoms with Crippen LogP contribution in [0.5, 0.6) is 0 Å². The number of carbonyl (C=O) groups is 4. The molecule has 0 unspecified atom stereocenters. The maximum absolute atomic E-state index is 12.2. The molecule has 1 aromatic rings. The molecule has 0 spiro atoms. The molecule has 3 amide bonds. The van der Waals surface area contributed by atoms with Crippen LogP contribution in [0.2, 0.25) is 0 Å². The Bertz CT molecular complexity index is 859. The van der Waals surface area contributed by atoms with E-state index in [1.807, 2.05) is 6.07 Å². The minimum absolute atomic E-state index is 0.0578. The second kappa shape index (κ2) is 9.87. The molecule has 9 heteroatoms. The number of rotatable bonds is 8. The zero-order chi connectivity index (χ0) is 22.3. The largest absolute Gasteiger partial charge is 0.454 e. The van der Waals surface area contributed by atoms with Crippen LogP contribution < -0.4 is 15.5 Å². The highest BCUT2D eigenvalue weighted by Gasteiger charge is 2.30. The number of hydrogen-bond donors (Lipinski definition) is 2. The summed E-state index contributed by atoms with van der Waals surface area (Å²) < 4.78 is 4.84. The lowest BCUT2D eigenvalue weighted by atomic mass is 9.90. The average molecular weight is 414 g/mol. The Kier molecular flexibility index (Phi) is 7.53. The predicted octanol–water partition coefficient (Wildman–Crippen LogP) is 1.14. The van der Waals surface area contributed by atoms with E-state index in [1.165, 1.54) is 0 Å². The minimum Gasteiger partial charge on any atom is -0.454 e. The highest BCUT2D eigenvalue weighted by atomic mass is 16.5. The number of anilines is 1. The number of hydrogen-bond acceptors (Lipinski definition) is 6. The summed E-state index contributed by atoms with van der Waals surface area (Å²) in [6.07, 6.45) is 1.34. The molecule has 9 nitrogen and oxygen atoms in total. The molecule has 0 aromatic heterocycles. The van der Waals surface area contributed by atoms with Gasteiger partial charge < -0.3 is 20.3 Å². The van der Waals surface area contributed by atoms with E-state index >= 15 is 0 Å². The molecule has 1 aromatic carbocycles. The van der Waals surface area contributed by atoms with Gasteiger partial charge in [-0.3, -0.25) is 19.2 Å². The SMILES string of the molecule is CC(C)[C@](C)(C#N)NC(=O)COC(=O)CNC(=O)c1ccc(N2CCCC2=O)cc1. The highest BCUT2D eigenvalue weighted by Crippen LogP contribution is 2.21. The Morgan fingerprint density at radius 3 is 2.47 bits per heavy atom. The van der Waals surface area contributed by atoms with Crippen molar-refractivity contribution in [2.45, 2.75) is 39.2 Å². The first kappa shape index (κ1) is 22.9. The molecule has 1 fully saturated rings. The van der Waals surface area contributed by atoms with Crippen LogP contribution in [0.15, 0.2) is 24.3 Å². The number of nitriles is 1. The fraction of sp³-hybridized carbons (Fsp3) is 0.476. The van der Waals surface area contributed by atoms with E-state index in [2.05, 4.69) is 10.6 Å². The summed E-state index contributed by atoms with van der Waals surface area (Å²) in [4.78, 5) is 49.3. The van der Waals surface area contributed by atoms with E-state index in [4.69, 9.17) is 4.74 Å². The third-order valence-corrected chi connectivity index (χ3v) is 5.06. The fourth-order valence-electron chi connectivity index (χ4n) is 2.79. The monoisotopic (exact) mass is 414 g/mol. The summed E-state index contributed by atoms with van der Waals surface area (Å²) >= 11 is 0. The van der Waals surface area contributed by atoms with Crippen molar-refractivity contribution in [3.8, 4) is 6.07 Å². The van der Waals surface area contributed by atoms with Crippen molar-refractivity contribution in [2.75, 3.05) is 24.6 Å². The van der Waals surface area contributed by atoms with Crippen LogP contribution in [0.1, 0.15) is 44.0 Å². The van der Waals surface area contributed by atoms with Crippen LogP contribution in [0.3, 0.4) is 0 Å². The van der Waals surface area contributed by atoms with Gasteiger partial charge in [-0.05, 0) is 43.5 Å². The summed E-state index contributed by atoms with van der Waals surface area (Å²) in [7, 11) is 0. The van der Waals surface area contributed by atoms with Crippen LogP contribution >= 0.6 is 0 Å². The van der Waals surface area contributed by atoms with Gasteiger partial charge >= 0.3 is 5.97 Å². The van der Waals surface area contributed by atoms with Crippen molar-refractivity contribution in [2.24, 2.45) is 5.92 Å². The van der Waals surface area contributed by atoms with E-state index in [-0.39, 0.29) is 11.8 Å². The van der Waals surface area contributed by atoms with Crippen molar-refractivity contribution in [3.05, 3.63) is 29.8 Å². The zero-order valence-electron chi connectivity index (χ0n) is 17.4. The molecule has 1 atom stereocenters. The first-order valence-electron chi connectivity index (χ1n) is 9.73. The molecule has 0 bridgehead atoms. The van der Waals surface area contributed by atoms with Crippen LogP contribution in [0.25, 0.3) is 0 Å². The molecule has 0 saturated carbocycles. The summed E-state index contributed by atoms with van der Waals surface area (Å²) in [5.74, 6) is -1.92. The lowest BCUT2D eigenvalue weighted by molar-refractivity contribution is -0.147. The van der Waals surface area contributed by atoms with Crippen molar-refractivity contribution in [3.63, 3.8) is 0 Å². The second-order valence-corrected chi connectivity index (χ2v) is 7.56. The Morgan fingerprint density at radius 2 is 1.93 bits per heavy atom. The Morgan fingerprint density at radius 1 is 1.27 bits per heavy atom. The van der Waals surface area contributed by atoms with Crippen molar-refractivity contribution in [1.82, 2.24) is 10.6 Å². The highest BCUT2D eigenvalue weighted by molar-refractivity contribution is 5.98. The maximum atomic E-state index is 12.2. The molecule has 2 rings (SSSR count). The lowest BCUT2D eigenvalue weighted by Crippen LogP contribution is -2.50. The van der Waals surface area contributed by atoms with E-state index < -0.39 is 36.5 Å². The number of esters is 1. The normalized spacial score (nSPS) is 15.3. The Labute approximate surface area is 175 Å². The van der Waals surface area contributed by atoms with Crippen LogP contribution in [0.4, 0.5) is 5.69 Å². The third kappa shape index (κ3) is 5.80. The number of ether oxygens (including phenoxy) is 1. The van der Waals surface area contributed by atoms with Crippen LogP contribution in [-0.2, 0) is 19.1 Å². The smallest absolute Gasteiger partial charge is 0.325 e. The summed E-state index contributed by atoms with van der Waals surface area (Å²) in [5, 5.41) is 14.1. The number of nitrogens with one attached hydrogen (secondary N) is 2. The van der Waals surface area contributed by atoms with E-state index in [0.717, 1.165) is 12.1 Å². The average Bonchev–Trinajstić information content (AvgIpc) is 3.16. The van der Waals surface area contributed by atoms with Gasteiger partial charge in [-0.15, -0.1) is 0 Å². The minimum atomic E-state index is -1.07. The molecule has 0 aliphatic carbocycles. The van der Waals surface area contributed by atoms with Gasteiger partial charge in [0, 0.05) is 24.2 Å². The predicted molar refractivity (Wildman–Crippen MR) is 108 cm³/mol. The van der Waals surface area contributed by atoms with Gasteiger partial charge in [-0.1, -0.05) is 13.8 Å². The van der Waals surface area contributed by atoms with Gasteiger partial charge in [-0.25, -0.2) is 0 Å². The summed E-state index contributed by atoms with van der Waals surface area (Å²) in [5.41, 5.74) is -0.00768.